The Hall–Kier alpha value is -0.0600. The van der Waals surface area contributed by atoms with E-state index >= 15 is 0 Å². The van der Waals surface area contributed by atoms with Crippen molar-refractivity contribution in [2.45, 2.75) is 51.7 Å². The van der Waals surface area contributed by atoms with Crippen molar-refractivity contribution in [1.82, 2.24) is 14.5 Å². The number of carbonyl (C=O) groups is 1. The quantitative estimate of drug-likeness (QED) is 0.529. The fraction of sp³-hybridized carbons (Fsp3) is 0.765. The second-order valence-electron chi connectivity index (χ2n) is 8.34. The number of ether oxygens (including phenoxy) is 1. The molecule has 1 aromatic rings. The Morgan fingerprint density at radius 2 is 1.88 bits per heavy atom. The van der Waals surface area contributed by atoms with Gasteiger partial charge in [0, 0.05) is 25.6 Å². The summed E-state index contributed by atoms with van der Waals surface area (Å²) in [6, 6.07) is 0. The third kappa shape index (κ3) is 3.31. The second kappa shape index (κ2) is 5.99. The Morgan fingerprint density at radius 3 is 2.42 bits per heavy atom. The van der Waals surface area contributed by atoms with Crippen LogP contribution in [0.15, 0.2) is 0 Å². The second-order valence-corrected chi connectivity index (χ2v) is 10.4. The molecule has 3 aliphatic rings. The fourth-order valence-electron chi connectivity index (χ4n) is 3.79. The summed E-state index contributed by atoms with van der Waals surface area (Å²) in [7, 11) is 0. The SMILES string of the molecule is CC(C)(C)OC(=O)N1CC2C(C1)C2c1nc(I)c(I)n1CC1CC1. The molecule has 4 rings (SSSR count). The third-order valence-electron chi connectivity index (χ3n) is 5.18. The van der Waals surface area contributed by atoms with Gasteiger partial charge in [-0.2, -0.15) is 0 Å². The van der Waals surface area contributed by atoms with Crippen molar-refractivity contribution in [3.05, 3.63) is 13.2 Å². The highest BCUT2D eigenvalue weighted by Crippen LogP contribution is 2.58. The predicted molar refractivity (Wildman–Crippen MR) is 108 cm³/mol. The first-order valence-electron chi connectivity index (χ1n) is 8.64. The zero-order valence-corrected chi connectivity index (χ0v) is 18.6. The molecular formula is C17H23I2N3O2. The van der Waals surface area contributed by atoms with Crippen molar-refractivity contribution in [3.63, 3.8) is 0 Å². The van der Waals surface area contributed by atoms with Gasteiger partial charge in [-0.15, -0.1) is 0 Å². The van der Waals surface area contributed by atoms with Crippen LogP contribution in [-0.2, 0) is 11.3 Å². The Kier molecular flexibility index (Phi) is 4.33. The molecule has 2 saturated carbocycles. The van der Waals surface area contributed by atoms with Gasteiger partial charge in [0.05, 0.1) is 0 Å². The summed E-state index contributed by atoms with van der Waals surface area (Å²) in [6.07, 6.45) is 2.54. The zero-order chi connectivity index (χ0) is 17.2. The number of nitrogens with zero attached hydrogens (tertiary/aromatic N) is 3. The van der Waals surface area contributed by atoms with Gasteiger partial charge in [-0.05, 0) is 96.5 Å². The summed E-state index contributed by atoms with van der Waals surface area (Å²) in [5, 5.41) is 0. The monoisotopic (exact) mass is 555 g/mol. The summed E-state index contributed by atoms with van der Waals surface area (Å²) in [4.78, 5) is 19.0. The van der Waals surface area contributed by atoms with Crippen molar-refractivity contribution in [1.29, 1.82) is 0 Å². The van der Waals surface area contributed by atoms with Crippen LogP contribution in [0.1, 0.15) is 45.4 Å². The van der Waals surface area contributed by atoms with Crippen molar-refractivity contribution in [2.24, 2.45) is 17.8 Å². The number of rotatable bonds is 3. The maximum atomic E-state index is 12.2. The molecule has 1 amide bonds. The Labute approximate surface area is 170 Å². The lowest BCUT2D eigenvalue weighted by Gasteiger charge is -2.26. The van der Waals surface area contributed by atoms with Gasteiger partial charge in [-0.1, -0.05) is 0 Å². The minimum Gasteiger partial charge on any atom is -0.444 e. The van der Waals surface area contributed by atoms with Crippen LogP contribution in [0.25, 0.3) is 0 Å². The van der Waals surface area contributed by atoms with E-state index in [2.05, 4.69) is 49.7 Å². The average Bonchev–Trinajstić information content (AvgIpc) is 3.35. The summed E-state index contributed by atoms with van der Waals surface area (Å²) < 4.78 is 10.4. The van der Waals surface area contributed by atoms with Gasteiger partial charge in [0.2, 0.25) is 0 Å². The average molecular weight is 555 g/mol. The highest BCUT2D eigenvalue weighted by atomic mass is 127. The molecule has 2 aliphatic carbocycles. The molecule has 0 N–H and O–H groups in total. The molecule has 5 nitrogen and oxygen atoms in total. The van der Waals surface area contributed by atoms with E-state index in [1.54, 1.807) is 0 Å². The van der Waals surface area contributed by atoms with Gasteiger partial charge < -0.3 is 14.2 Å². The molecule has 2 heterocycles. The first-order chi connectivity index (χ1) is 11.2. The first kappa shape index (κ1) is 17.4. The van der Waals surface area contributed by atoms with E-state index in [-0.39, 0.29) is 6.09 Å². The van der Waals surface area contributed by atoms with E-state index < -0.39 is 5.60 Å². The summed E-state index contributed by atoms with van der Waals surface area (Å²) in [5.74, 6) is 3.75. The third-order valence-corrected chi connectivity index (χ3v) is 8.06. The van der Waals surface area contributed by atoms with E-state index in [1.807, 2.05) is 25.7 Å². The first-order valence-corrected chi connectivity index (χ1v) is 10.8. The molecular weight excluding hydrogens is 532 g/mol. The number of likely N-dealkylation sites (tertiary alicyclic amines) is 1. The Morgan fingerprint density at radius 1 is 1.25 bits per heavy atom. The van der Waals surface area contributed by atoms with Gasteiger partial charge in [0.15, 0.2) is 0 Å². The molecule has 7 heteroatoms. The van der Waals surface area contributed by atoms with Gasteiger partial charge in [-0.25, -0.2) is 9.78 Å². The number of halogens is 2. The molecule has 132 valence electrons. The van der Waals surface area contributed by atoms with Crippen LogP contribution in [0.5, 0.6) is 0 Å². The van der Waals surface area contributed by atoms with Crippen LogP contribution in [0.2, 0.25) is 0 Å². The largest absolute Gasteiger partial charge is 0.444 e. The topological polar surface area (TPSA) is 47.4 Å². The van der Waals surface area contributed by atoms with Crippen LogP contribution >= 0.6 is 45.2 Å². The minimum absolute atomic E-state index is 0.168. The molecule has 1 aromatic heterocycles. The van der Waals surface area contributed by atoms with E-state index in [0.29, 0.717) is 17.8 Å². The van der Waals surface area contributed by atoms with Crippen molar-refractivity contribution >= 4 is 51.3 Å². The molecule has 1 aliphatic heterocycles. The van der Waals surface area contributed by atoms with Crippen LogP contribution in [0, 0.1) is 25.2 Å². The summed E-state index contributed by atoms with van der Waals surface area (Å²) in [5.41, 5.74) is -0.421. The molecule has 0 aromatic carbocycles. The van der Waals surface area contributed by atoms with Crippen LogP contribution in [-0.4, -0.2) is 39.2 Å². The summed E-state index contributed by atoms with van der Waals surface area (Å²) in [6.45, 7) is 8.51. The molecule has 24 heavy (non-hydrogen) atoms. The van der Waals surface area contributed by atoms with E-state index in [4.69, 9.17) is 9.72 Å². The van der Waals surface area contributed by atoms with Crippen molar-refractivity contribution in [2.75, 3.05) is 13.1 Å². The minimum atomic E-state index is -0.421. The van der Waals surface area contributed by atoms with Crippen molar-refractivity contribution < 1.29 is 9.53 Å². The molecule has 0 radical (unpaired) electrons. The zero-order valence-electron chi connectivity index (χ0n) is 14.3. The lowest BCUT2D eigenvalue weighted by Crippen LogP contribution is -2.37. The van der Waals surface area contributed by atoms with Gasteiger partial charge in [-0.3, -0.25) is 0 Å². The number of hydrogen-bond donors (Lipinski definition) is 0. The van der Waals surface area contributed by atoms with Crippen LogP contribution in [0.3, 0.4) is 0 Å². The van der Waals surface area contributed by atoms with Gasteiger partial charge in [0.25, 0.3) is 0 Å². The lowest BCUT2D eigenvalue weighted by atomic mass is 10.2. The number of hydrogen-bond acceptors (Lipinski definition) is 3. The molecule has 2 unspecified atom stereocenters. The van der Waals surface area contributed by atoms with E-state index in [0.717, 1.165) is 29.3 Å². The molecule has 0 spiro atoms. The Bertz CT molecular complexity index is 666. The molecule has 0 bridgehead atoms. The predicted octanol–water partition coefficient (Wildman–Crippen LogP) is 4.08. The number of amides is 1. The number of aromatic nitrogens is 2. The summed E-state index contributed by atoms with van der Waals surface area (Å²) >= 11 is 4.78. The smallest absolute Gasteiger partial charge is 0.410 e. The highest BCUT2D eigenvalue weighted by Gasteiger charge is 2.59. The molecule has 2 atom stereocenters. The fourth-order valence-corrected chi connectivity index (χ4v) is 4.89. The normalized spacial score (nSPS) is 28.9. The highest BCUT2D eigenvalue weighted by molar-refractivity contribution is 14.1. The van der Waals surface area contributed by atoms with Gasteiger partial charge >= 0.3 is 6.09 Å². The Balaban J connectivity index is 1.43. The number of imidazole rings is 1. The number of piperidine rings is 1. The van der Waals surface area contributed by atoms with Crippen molar-refractivity contribution in [3.8, 4) is 0 Å². The van der Waals surface area contributed by atoms with Gasteiger partial charge in [0.1, 0.15) is 18.8 Å². The molecule has 1 saturated heterocycles. The van der Waals surface area contributed by atoms with E-state index in [9.17, 15) is 4.79 Å². The maximum absolute atomic E-state index is 12.2. The molecule has 3 fully saturated rings. The standard InChI is InChI=1S/C17H23I2N3O2/c1-17(2,3)24-16(23)21-7-10-11(8-21)12(10)15-20-13(18)14(19)22(15)6-9-4-5-9/h9-12H,4-8H2,1-3H3. The van der Waals surface area contributed by atoms with Crippen LogP contribution in [0.4, 0.5) is 4.79 Å². The number of carbonyl (C=O) groups excluding carboxylic acids is 1. The lowest BCUT2D eigenvalue weighted by molar-refractivity contribution is 0.0270. The number of fused-ring (bicyclic) bond motifs is 1. The van der Waals surface area contributed by atoms with Crippen LogP contribution < -0.4 is 0 Å². The maximum Gasteiger partial charge on any atom is 0.410 e. The van der Waals surface area contributed by atoms with E-state index in [1.165, 1.54) is 22.4 Å².